The summed E-state index contributed by atoms with van der Waals surface area (Å²) in [4.78, 5) is 30.2. The van der Waals surface area contributed by atoms with E-state index in [1.165, 1.54) is 9.80 Å². The Kier molecular flexibility index (Phi) is 5.49. The number of hydrogen-bond acceptors (Lipinski definition) is 4. The van der Waals surface area contributed by atoms with Gasteiger partial charge in [-0.3, -0.25) is 14.5 Å². The number of amides is 2. The number of aryl methyl sites for hydroxylation is 2. The number of imide groups is 1. The summed E-state index contributed by atoms with van der Waals surface area (Å²) in [5.74, 6) is -0.252. The van der Waals surface area contributed by atoms with Gasteiger partial charge >= 0.3 is 0 Å². The van der Waals surface area contributed by atoms with E-state index in [9.17, 15) is 9.59 Å². The molecule has 1 unspecified atom stereocenters. The van der Waals surface area contributed by atoms with Crippen molar-refractivity contribution in [2.75, 3.05) is 18.2 Å². The van der Waals surface area contributed by atoms with Crippen LogP contribution >= 0.6 is 11.8 Å². The zero-order valence-corrected chi connectivity index (χ0v) is 16.5. The number of anilines is 1. The summed E-state index contributed by atoms with van der Waals surface area (Å²) in [6, 6.07) is 13.7. The average molecular weight is 369 g/mol. The Hall–Kier alpha value is -2.11. The molecule has 136 valence electrons. The van der Waals surface area contributed by atoms with Gasteiger partial charge in [-0.05, 0) is 56.0 Å². The normalized spacial score (nSPS) is 17.4. The van der Waals surface area contributed by atoms with Crippen LogP contribution in [0.4, 0.5) is 5.69 Å². The highest BCUT2D eigenvalue weighted by molar-refractivity contribution is 7.98. The first-order valence-corrected chi connectivity index (χ1v) is 9.91. The highest BCUT2D eigenvalue weighted by Crippen LogP contribution is 2.31. The second-order valence-electron chi connectivity index (χ2n) is 6.79. The smallest absolute Gasteiger partial charge is 0.251 e. The summed E-state index contributed by atoms with van der Waals surface area (Å²) in [6.07, 6.45) is 2.28. The van der Waals surface area contributed by atoms with Crippen LogP contribution in [0.25, 0.3) is 0 Å². The SMILES string of the molecule is CSc1ccc(CN(C)C2CC(=O)N(c3c(C)cccc3C)C2=O)cc1. The zero-order chi connectivity index (χ0) is 18.8. The molecule has 0 aromatic heterocycles. The minimum absolute atomic E-state index is 0.123. The number of carbonyl (C=O) groups is 2. The van der Waals surface area contributed by atoms with Gasteiger partial charge in [0.25, 0.3) is 5.91 Å². The summed E-state index contributed by atoms with van der Waals surface area (Å²) in [5, 5.41) is 0. The molecule has 0 saturated carbocycles. The third-order valence-corrected chi connectivity index (χ3v) is 5.65. The van der Waals surface area contributed by atoms with Crippen molar-refractivity contribution < 1.29 is 9.59 Å². The Morgan fingerprint density at radius 3 is 2.27 bits per heavy atom. The van der Waals surface area contributed by atoms with Crippen molar-refractivity contribution in [1.29, 1.82) is 0 Å². The molecule has 4 nitrogen and oxygen atoms in total. The van der Waals surface area contributed by atoms with Crippen molar-refractivity contribution in [3.8, 4) is 0 Å². The van der Waals surface area contributed by atoms with E-state index in [1.807, 2.05) is 50.2 Å². The molecule has 1 atom stereocenters. The Balaban J connectivity index is 1.79. The maximum absolute atomic E-state index is 13.0. The van der Waals surface area contributed by atoms with Gasteiger partial charge in [0.2, 0.25) is 5.91 Å². The van der Waals surface area contributed by atoms with Gasteiger partial charge in [0.15, 0.2) is 0 Å². The van der Waals surface area contributed by atoms with E-state index >= 15 is 0 Å². The fourth-order valence-corrected chi connectivity index (χ4v) is 3.89. The lowest BCUT2D eigenvalue weighted by molar-refractivity contribution is -0.122. The zero-order valence-electron chi connectivity index (χ0n) is 15.7. The Morgan fingerprint density at radius 1 is 1.08 bits per heavy atom. The molecule has 0 N–H and O–H groups in total. The van der Waals surface area contributed by atoms with Crippen molar-refractivity contribution in [2.24, 2.45) is 0 Å². The van der Waals surface area contributed by atoms with E-state index in [4.69, 9.17) is 0 Å². The summed E-state index contributed by atoms with van der Waals surface area (Å²) < 4.78 is 0. The Bertz CT molecular complexity index is 812. The topological polar surface area (TPSA) is 40.6 Å². The number of nitrogens with zero attached hydrogens (tertiary/aromatic N) is 2. The highest BCUT2D eigenvalue weighted by atomic mass is 32.2. The van der Waals surface area contributed by atoms with Crippen molar-refractivity contribution in [3.05, 3.63) is 59.2 Å². The second kappa shape index (κ2) is 7.64. The van der Waals surface area contributed by atoms with Crippen LogP contribution in [0.2, 0.25) is 0 Å². The number of hydrogen-bond donors (Lipinski definition) is 0. The lowest BCUT2D eigenvalue weighted by Gasteiger charge is -2.24. The maximum atomic E-state index is 13.0. The number of para-hydroxylation sites is 1. The maximum Gasteiger partial charge on any atom is 0.251 e. The quantitative estimate of drug-likeness (QED) is 0.595. The third-order valence-electron chi connectivity index (χ3n) is 4.91. The van der Waals surface area contributed by atoms with Crippen molar-refractivity contribution in [2.45, 2.75) is 37.8 Å². The fourth-order valence-electron chi connectivity index (χ4n) is 3.48. The monoisotopic (exact) mass is 368 g/mol. The first-order chi connectivity index (χ1) is 12.4. The first kappa shape index (κ1) is 18.7. The molecule has 1 heterocycles. The molecule has 26 heavy (non-hydrogen) atoms. The van der Waals surface area contributed by atoms with Gasteiger partial charge in [-0.25, -0.2) is 4.90 Å². The molecular weight excluding hydrogens is 344 g/mol. The van der Waals surface area contributed by atoms with Crippen molar-refractivity contribution in [3.63, 3.8) is 0 Å². The number of rotatable bonds is 5. The summed E-state index contributed by atoms with van der Waals surface area (Å²) in [6.45, 7) is 4.51. The summed E-state index contributed by atoms with van der Waals surface area (Å²) in [7, 11) is 1.91. The molecular formula is C21H24N2O2S. The van der Waals surface area contributed by atoms with E-state index in [0.29, 0.717) is 6.54 Å². The van der Waals surface area contributed by atoms with Crippen LogP contribution in [0.15, 0.2) is 47.4 Å². The van der Waals surface area contributed by atoms with Gasteiger partial charge in [-0.1, -0.05) is 30.3 Å². The summed E-state index contributed by atoms with van der Waals surface area (Å²) >= 11 is 1.70. The van der Waals surface area contributed by atoms with E-state index < -0.39 is 6.04 Å². The predicted molar refractivity (Wildman–Crippen MR) is 107 cm³/mol. The number of benzene rings is 2. The standard InChI is InChI=1S/C21H24N2O2S/c1-14-6-5-7-15(2)20(14)23-19(24)12-18(21(23)25)22(3)13-16-8-10-17(26-4)11-9-16/h5-11,18H,12-13H2,1-4H3. The van der Waals surface area contributed by atoms with Gasteiger partial charge < -0.3 is 0 Å². The van der Waals surface area contributed by atoms with Crippen LogP contribution in [0.1, 0.15) is 23.1 Å². The predicted octanol–water partition coefficient (Wildman–Crippen LogP) is 3.79. The molecule has 2 aromatic carbocycles. The third kappa shape index (κ3) is 3.55. The minimum Gasteiger partial charge on any atom is -0.290 e. The molecule has 5 heteroatoms. The molecule has 2 amide bonds. The molecule has 0 spiro atoms. The van der Waals surface area contributed by atoms with Gasteiger partial charge in [0, 0.05) is 11.4 Å². The molecule has 1 aliphatic heterocycles. The van der Waals surface area contributed by atoms with E-state index in [0.717, 1.165) is 22.4 Å². The van der Waals surface area contributed by atoms with Gasteiger partial charge in [-0.2, -0.15) is 0 Å². The van der Waals surface area contributed by atoms with Crippen LogP contribution in [0.3, 0.4) is 0 Å². The Morgan fingerprint density at radius 2 is 1.69 bits per heavy atom. The molecule has 1 fully saturated rings. The van der Waals surface area contributed by atoms with Crippen LogP contribution in [0.5, 0.6) is 0 Å². The number of likely N-dealkylation sites (N-methyl/N-ethyl adjacent to an activating group) is 1. The van der Waals surface area contributed by atoms with Crippen LogP contribution in [-0.4, -0.2) is 36.1 Å². The molecule has 0 aliphatic carbocycles. The lowest BCUT2D eigenvalue weighted by Crippen LogP contribution is -2.40. The van der Waals surface area contributed by atoms with Crippen LogP contribution < -0.4 is 4.90 Å². The number of thioether (sulfide) groups is 1. The minimum atomic E-state index is -0.415. The lowest BCUT2D eigenvalue weighted by atomic mass is 10.1. The molecule has 1 saturated heterocycles. The molecule has 2 aromatic rings. The summed E-state index contributed by atoms with van der Waals surface area (Å²) in [5.41, 5.74) is 3.77. The molecule has 0 bridgehead atoms. The molecule has 0 radical (unpaired) electrons. The van der Waals surface area contributed by atoms with Gasteiger partial charge in [0.05, 0.1) is 18.2 Å². The van der Waals surface area contributed by atoms with Gasteiger partial charge in [-0.15, -0.1) is 11.8 Å². The van der Waals surface area contributed by atoms with Gasteiger partial charge in [0.1, 0.15) is 0 Å². The second-order valence-corrected chi connectivity index (χ2v) is 7.67. The van der Waals surface area contributed by atoms with Crippen LogP contribution in [0, 0.1) is 13.8 Å². The largest absolute Gasteiger partial charge is 0.290 e. The first-order valence-electron chi connectivity index (χ1n) is 8.68. The fraction of sp³-hybridized carbons (Fsp3) is 0.333. The van der Waals surface area contributed by atoms with E-state index in [-0.39, 0.29) is 18.2 Å². The number of carbonyl (C=O) groups excluding carboxylic acids is 2. The average Bonchev–Trinajstić information content (AvgIpc) is 2.91. The van der Waals surface area contributed by atoms with Crippen molar-refractivity contribution in [1.82, 2.24) is 4.90 Å². The van der Waals surface area contributed by atoms with Crippen LogP contribution in [-0.2, 0) is 16.1 Å². The molecule has 3 rings (SSSR count). The highest BCUT2D eigenvalue weighted by Gasteiger charge is 2.42. The van der Waals surface area contributed by atoms with Crippen molar-refractivity contribution >= 4 is 29.3 Å². The van der Waals surface area contributed by atoms with E-state index in [2.05, 4.69) is 24.3 Å². The Labute approximate surface area is 159 Å². The molecule has 1 aliphatic rings. The van der Waals surface area contributed by atoms with E-state index in [1.54, 1.807) is 11.8 Å².